The van der Waals surface area contributed by atoms with E-state index < -0.39 is 112 Å². The SMILES string of the molecule is CCCCSC(=O)N[C@@H](c1ccco1)[C@@H](O)C(=O)O[C@H]1C[C@@]2(O)[C@@H](OC(O)c3ccccc3)[C@]3(C)C4(COC(C)=O)CO[C@@H]4C[C@H](O)[C@@]3(C)C(=O)[C@H](OC(C)=O)C(=C1C)C2(C)C. The van der Waals surface area contributed by atoms with Gasteiger partial charge in [-0.3, -0.25) is 19.2 Å². The normalized spacial score (nSPS) is 33.9. The fourth-order valence-electron chi connectivity index (χ4n) is 10.5. The molecule has 340 valence electrons. The monoisotopic (exact) mass is 885 g/mol. The summed E-state index contributed by atoms with van der Waals surface area (Å²) in [6.07, 6.45) is -8.76. The highest BCUT2D eigenvalue weighted by molar-refractivity contribution is 8.13. The van der Waals surface area contributed by atoms with Gasteiger partial charge in [0, 0.05) is 48.8 Å². The van der Waals surface area contributed by atoms with Gasteiger partial charge in [0.05, 0.1) is 42.0 Å². The van der Waals surface area contributed by atoms with Crippen molar-refractivity contribution in [2.75, 3.05) is 19.0 Å². The zero-order valence-corrected chi connectivity index (χ0v) is 37.2. The highest BCUT2D eigenvalue weighted by atomic mass is 32.2. The van der Waals surface area contributed by atoms with Gasteiger partial charge in [-0.25, -0.2) is 4.79 Å². The van der Waals surface area contributed by atoms with E-state index in [4.69, 9.17) is 28.1 Å². The molecule has 1 aromatic carbocycles. The Hall–Kier alpha value is -4.10. The van der Waals surface area contributed by atoms with E-state index in [-0.39, 0.29) is 42.1 Å². The van der Waals surface area contributed by atoms with E-state index >= 15 is 4.79 Å². The van der Waals surface area contributed by atoms with Gasteiger partial charge in [0.1, 0.15) is 30.1 Å². The van der Waals surface area contributed by atoms with Crippen molar-refractivity contribution in [3.8, 4) is 0 Å². The van der Waals surface area contributed by atoms with Crippen LogP contribution in [0.1, 0.15) is 105 Å². The first kappa shape index (κ1) is 47.4. The summed E-state index contributed by atoms with van der Waals surface area (Å²) in [6.45, 7) is 11.7. The number of aliphatic hydroxyl groups is 4. The van der Waals surface area contributed by atoms with Crippen LogP contribution in [-0.2, 0) is 42.9 Å². The van der Waals surface area contributed by atoms with Gasteiger partial charge in [0.15, 0.2) is 24.3 Å². The summed E-state index contributed by atoms with van der Waals surface area (Å²) in [7, 11) is 0. The second-order valence-corrected chi connectivity index (χ2v) is 18.9. The molecule has 4 aliphatic rings. The van der Waals surface area contributed by atoms with Crippen LogP contribution >= 0.6 is 11.8 Å². The number of amides is 1. The topological polar surface area (TPSA) is 238 Å². The predicted molar refractivity (Wildman–Crippen MR) is 222 cm³/mol. The molecule has 5 N–H and O–H groups in total. The quantitative estimate of drug-likeness (QED) is 0.0572. The van der Waals surface area contributed by atoms with E-state index in [1.54, 1.807) is 58.0 Å². The summed E-state index contributed by atoms with van der Waals surface area (Å²) in [4.78, 5) is 68.6. The van der Waals surface area contributed by atoms with Crippen LogP contribution in [0, 0.1) is 21.7 Å². The molecular formula is C45H59NO15S. The molecule has 0 spiro atoms. The molecule has 0 radical (unpaired) electrons. The number of ketones is 1. The van der Waals surface area contributed by atoms with Crippen LogP contribution < -0.4 is 5.32 Å². The molecule has 2 unspecified atom stereocenters. The van der Waals surface area contributed by atoms with Crippen LogP contribution in [0.3, 0.4) is 0 Å². The summed E-state index contributed by atoms with van der Waals surface area (Å²) < 4.78 is 36.0. The highest BCUT2D eigenvalue weighted by Crippen LogP contribution is 2.72. The maximum absolute atomic E-state index is 15.7. The molecule has 16 nitrogen and oxygen atoms in total. The molecule has 2 aromatic rings. The Balaban J connectivity index is 1.55. The molecule has 3 fully saturated rings. The summed E-state index contributed by atoms with van der Waals surface area (Å²) in [6, 6.07) is 9.89. The van der Waals surface area contributed by atoms with Gasteiger partial charge in [-0.05, 0) is 43.5 Å². The van der Waals surface area contributed by atoms with E-state index in [1.165, 1.54) is 32.2 Å². The largest absolute Gasteiger partial charge is 0.467 e. The molecule has 2 saturated carbocycles. The molecule has 6 rings (SSSR count). The second-order valence-electron chi connectivity index (χ2n) is 17.9. The van der Waals surface area contributed by atoms with Crippen LogP contribution in [0.5, 0.6) is 0 Å². The Labute approximate surface area is 365 Å². The number of fused-ring (bicyclic) bond motifs is 5. The van der Waals surface area contributed by atoms with Gasteiger partial charge in [0.2, 0.25) is 0 Å². The zero-order valence-electron chi connectivity index (χ0n) is 36.4. The number of aliphatic hydroxyl groups excluding tert-OH is 3. The fourth-order valence-corrected chi connectivity index (χ4v) is 11.3. The molecule has 1 aliphatic heterocycles. The average Bonchev–Trinajstić information content (AvgIpc) is 3.75. The number of hydrogen-bond acceptors (Lipinski definition) is 16. The minimum absolute atomic E-state index is 0.0428. The minimum Gasteiger partial charge on any atom is -0.467 e. The molecule has 1 saturated heterocycles. The molecule has 62 heavy (non-hydrogen) atoms. The van der Waals surface area contributed by atoms with Crippen LogP contribution in [0.15, 0.2) is 64.3 Å². The van der Waals surface area contributed by atoms with E-state index in [0.717, 1.165) is 31.5 Å². The third-order valence-corrected chi connectivity index (χ3v) is 15.2. The Kier molecular flexibility index (Phi) is 13.6. The molecule has 1 amide bonds. The number of Topliss-reactive ketones (excluding diaryl/α,β-unsaturated/α-hetero) is 1. The maximum atomic E-state index is 15.7. The van der Waals surface area contributed by atoms with Crippen molar-refractivity contribution in [3.05, 3.63) is 71.2 Å². The van der Waals surface area contributed by atoms with Crippen molar-refractivity contribution < 1.29 is 72.5 Å². The number of ether oxygens (including phenoxy) is 5. The minimum atomic E-state index is -2.31. The van der Waals surface area contributed by atoms with Gasteiger partial charge in [-0.1, -0.05) is 76.2 Å². The number of carbonyl (C=O) groups excluding carboxylic acids is 5. The Morgan fingerprint density at radius 3 is 2.27 bits per heavy atom. The highest BCUT2D eigenvalue weighted by Gasteiger charge is 2.82. The first-order valence-electron chi connectivity index (χ1n) is 20.9. The second kappa shape index (κ2) is 17.8. The Morgan fingerprint density at radius 1 is 1.00 bits per heavy atom. The number of furan rings is 1. The predicted octanol–water partition coefficient (Wildman–Crippen LogP) is 4.63. The zero-order chi connectivity index (χ0) is 45.6. The van der Waals surface area contributed by atoms with Crippen molar-refractivity contribution in [2.45, 2.75) is 136 Å². The van der Waals surface area contributed by atoms with Crippen molar-refractivity contribution in [2.24, 2.45) is 21.7 Å². The van der Waals surface area contributed by atoms with Crippen molar-refractivity contribution >= 4 is 40.7 Å². The summed E-state index contributed by atoms with van der Waals surface area (Å²) in [5.41, 5.74) is -8.59. The number of benzene rings is 1. The lowest BCUT2D eigenvalue weighted by atomic mass is 9.35. The average molecular weight is 886 g/mol. The van der Waals surface area contributed by atoms with E-state index in [9.17, 15) is 39.6 Å². The number of carbonyl (C=O) groups is 5. The standard InChI is InChI=1S/C45H59NO15S/c1-9-10-19-62-40(54)46-33(28-17-14-18-56-28)34(50)38(53)60-29-21-45(55)39(61-37(52)27-15-12-11-13-16-27)43(8)42(7,30(49)20-31-44(43,23-58-31)22-57-25(3)47)36(51)35(59-26(4)48)32(24(29)2)41(45,5)6/h11-18,29-31,33-35,37,39,49-50,52,55H,9-10,19-23H2,1-8H3,(H,46,54)/t29-,30-,31+,33-,34+,35+,37?,39-,42-,43-,44?,45+/m0/s1. The fraction of sp³-hybridized carbons (Fsp3) is 0.622. The molecule has 1 aromatic heterocycles. The summed E-state index contributed by atoms with van der Waals surface area (Å²) >= 11 is 0.976. The van der Waals surface area contributed by atoms with Gasteiger partial charge >= 0.3 is 17.9 Å². The number of unbranched alkanes of at least 4 members (excludes halogenated alkanes) is 1. The lowest BCUT2D eigenvalue weighted by Crippen LogP contribution is -2.83. The van der Waals surface area contributed by atoms with Crippen molar-refractivity contribution in [1.82, 2.24) is 5.32 Å². The van der Waals surface area contributed by atoms with E-state index in [0.29, 0.717) is 5.75 Å². The van der Waals surface area contributed by atoms with E-state index in [1.807, 2.05) is 6.92 Å². The summed E-state index contributed by atoms with van der Waals surface area (Å²) in [5.74, 6) is -2.97. The first-order valence-corrected chi connectivity index (χ1v) is 21.9. The van der Waals surface area contributed by atoms with Crippen LogP contribution in [0.4, 0.5) is 4.79 Å². The third-order valence-electron chi connectivity index (χ3n) is 14.3. The van der Waals surface area contributed by atoms with Crippen LogP contribution in [0.2, 0.25) is 0 Å². The number of nitrogens with one attached hydrogen (secondary N) is 1. The van der Waals surface area contributed by atoms with Gasteiger partial charge in [-0.2, -0.15) is 0 Å². The molecule has 12 atom stereocenters. The molecule has 2 heterocycles. The Morgan fingerprint density at radius 2 is 1.69 bits per heavy atom. The summed E-state index contributed by atoms with van der Waals surface area (Å²) in [5, 5.41) is 51.9. The van der Waals surface area contributed by atoms with E-state index in [2.05, 4.69) is 5.32 Å². The van der Waals surface area contributed by atoms with Gasteiger partial charge in [-0.15, -0.1) is 0 Å². The van der Waals surface area contributed by atoms with Crippen molar-refractivity contribution in [1.29, 1.82) is 0 Å². The number of rotatable bonds is 14. The smallest absolute Gasteiger partial charge is 0.338 e. The lowest BCUT2D eigenvalue weighted by Gasteiger charge is -2.73. The Bertz CT molecular complexity index is 2040. The van der Waals surface area contributed by atoms with Crippen molar-refractivity contribution in [3.63, 3.8) is 0 Å². The maximum Gasteiger partial charge on any atom is 0.338 e. The number of esters is 3. The molecule has 2 bridgehead atoms. The third kappa shape index (κ3) is 7.70. The first-order chi connectivity index (χ1) is 29.1. The number of hydrogen-bond donors (Lipinski definition) is 5. The number of thioether (sulfide) groups is 1. The molecule has 3 aliphatic carbocycles. The van der Waals surface area contributed by atoms with Crippen LogP contribution in [0.25, 0.3) is 0 Å². The van der Waals surface area contributed by atoms with Gasteiger partial charge in [0.25, 0.3) is 5.24 Å². The van der Waals surface area contributed by atoms with Gasteiger partial charge < -0.3 is 53.8 Å². The van der Waals surface area contributed by atoms with Crippen LogP contribution in [-0.4, -0.2) is 111 Å². The molecular weight excluding hydrogens is 827 g/mol. The molecule has 17 heteroatoms. The lowest BCUT2D eigenvalue weighted by molar-refractivity contribution is -0.383.